The number of fused-ring (bicyclic) bond motifs is 1. The maximum absolute atomic E-state index is 13.4. The molecule has 2 aromatic carbocycles. The molecule has 0 amide bonds. The van der Waals surface area contributed by atoms with Crippen molar-refractivity contribution in [3.8, 4) is 22.5 Å². The Labute approximate surface area is 159 Å². The van der Waals surface area contributed by atoms with E-state index in [0.717, 1.165) is 33.2 Å². The number of hydrogen-bond donors (Lipinski definition) is 1. The fourth-order valence-electron chi connectivity index (χ4n) is 3.23. The Morgan fingerprint density at radius 2 is 1.70 bits per heavy atom. The molecular weight excluding hydrogens is 363 g/mol. The highest BCUT2D eigenvalue weighted by atomic mass is 32.1. The van der Waals surface area contributed by atoms with Gasteiger partial charge < -0.3 is 5.11 Å². The van der Waals surface area contributed by atoms with Gasteiger partial charge in [0.1, 0.15) is 5.82 Å². The molecule has 27 heavy (non-hydrogen) atoms. The molecule has 0 spiro atoms. The van der Waals surface area contributed by atoms with Gasteiger partial charge in [-0.15, -0.1) is 11.3 Å². The number of thiazole rings is 1. The average Bonchev–Trinajstić information content (AvgIpc) is 3.12. The summed E-state index contributed by atoms with van der Waals surface area (Å²) in [5.74, 6) is -1.23. The molecule has 4 aromatic rings. The second-order valence-electron chi connectivity index (χ2n) is 6.48. The van der Waals surface area contributed by atoms with Crippen molar-refractivity contribution in [2.24, 2.45) is 0 Å². The van der Waals surface area contributed by atoms with Crippen molar-refractivity contribution in [2.45, 2.75) is 20.3 Å². The van der Waals surface area contributed by atoms with Crippen molar-refractivity contribution in [3.05, 3.63) is 70.5 Å². The molecule has 0 aliphatic carbocycles. The fraction of sp³-hybridized carbons (Fsp3) is 0.143. The molecule has 0 aliphatic heterocycles. The minimum Gasteiger partial charge on any atom is -0.481 e. The zero-order valence-electron chi connectivity index (χ0n) is 14.9. The number of halogens is 1. The second-order valence-corrected chi connectivity index (χ2v) is 7.54. The van der Waals surface area contributed by atoms with Crippen LogP contribution in [0.1, 0.15) is 16.1 Å². The summed E-state index contributed by atoms with van der Waals surface area (Å²) < 4.78 is 15.4. The highest BCUT2D eigenvalue weighted by molar-refractivity contribution is 7.17. The van der Waals surface area contributed by atoms with E-state index in [1.807, 2.05) is 42.5 Å². The molecule has 136 valence electrons. The molecular formula is C21H17FN2O2S. The lowest BCUT2D eigenvalue weighted by Gasteiger charge is -2.07. The van der Waals surface area contributed by atoms with E-state index in [2.05, 4.69) is 0 Å². The molecule has 4 nitrogen and oxygen atoms in total. The average molecular weight is 380 g/mol. The van der Waals surface area contributed by atoms with Crippen LogP contribution in [0.5, 0.6) is 0 Å². The first-order valence-corrected chi connectivity index (χ1v) is 9.31. The van der Waals surface area contributed by atoms with Gasteiger partial charge in [0.05, 0.1) is 17.8 Å². The number of aromatic nitrogens is 2. The lowest BCUT2D eigenvalue weighted by Crippen LogP contribution is -2.01. The molecule has 0 saturated carbocycles. The Hall–Kier alpha value is -2.99. The van der Waals surface area contributed by atoms with Crippen molar-refractivity contribution in [1.82, 2.24) is 9.38 Å². The molecule has 2 heterocycles. The standard InChI is InChI=1S/C21H17FN2O2S/c1-12-3-5-14(6-4-12)19-13(2)24-20(15-7-9-16(22)10-8-15)17(11-18(25)26)27-21(24)23-19/h3-10H,11H2,1-2H3,(H,25,26). The normalized spacial score (nSPS) is 11.2. The lowest BCUT2D eigenvalue weighted by molar-refractivity contribution is -0.136. The van der Waals surface area contributed by atoms with E-state index < -0.39 is 5.97 Å². The Morgan fingerprint density at radius 1 is 1.07 bits per heavy atom. The lowest BCUT2D eigenvalue weighted by atomic mass is 10.1. The third kappa shape index (κ3) is 3.13. The summed E-state index contributed by atoms with van der Waals surface area (Å²) in [5.41, 5.74) is 5.52. The van der Waals surface area contributed by atoms with Crippen LogP contribution in [-0.4, -0.2) is 20.5 Å². The molecule has 2 aromatic heterocycles. The number of benzene rings is 2. The first-order chi connectivity index (χ1) is 12.9. The van der Waals surface area contributed by atoms with Crippen LogP contribution in [0.2, 0.25) is 0 Å². The number of carboxylic acids is 1. The van der Waals surface area contributed by atoms with Gasteiger partial charge in [-0.05, 0) is 43.7 Å². The highest BCUT2D eigenvalue weighted by Gasteiger charge is 2.22. The summed E-state index contributed by atoms with van der Waals surface area (Å²) in [6.45, 7) is 4.01. The molecule has 0 saturated heterocycles. The Kier molecular flexibility index (Phi) is 4.28. The van der Waals surface area contributed by atoms with Gasteiger partial charge in [-0.1, -0.05) is 29.8 Å². The van der Waals surface area contributed by atoms with Crippen molar-refractivity contribution >= 4 is 22.3 Å². The largest absolute Gasteiger partial charge is 0.481 e. The number of imidazole rings is 1. The van der Waals surface area contributed by atoms with Gasteiger partial charge in [0.2, 0.25) is 0 Å². The topological polar surface area (TPSA) is 54.6 Å². The fourth-order valence-corrected chi connectivity index (χ4v) is 4.41. The molecule has 0 atom stereocenters. The number of carboxylic acid groups (broad SMARTS) is 1. The number of aryl methyl sites for hydroxylation is 2. The van der Waals surface area contributed by atoms with Crippen LogP contribution in [0.15, 0.2) is 48.5 Å². The van der Waals surface area contributed by atoms with Crippen LogP contribution in [-0.2, 0) is 11.2 Å². The highest BCUT2D eigenvalue weighted by Crippen LogP contribution is 2.36. The van der Waals surface area contributed by atoms with E-state index in [1.165, 1.54) is 29.0 Å². The Bertz CT molecular complexity index is 1140. The first kappa shape index (κ1) is 17.4. The monoisotopic (exact) mass is 380 g/mol. The van der Waals surface area contributed by atoms with E-state index in [9.17, 15) is 14.3 Å². The third-order valence-electron chi connectivity index (χ3n) is 4.53. The summed E-state index contributed by atoms with van der Waals surface area (Å²) >= 11 is 1.36. The zero-order chi connectivity index (χ0) is 19.1. The van der Waals surface area contributed by atoms with E-state index in [4.69, 9.17) is 4.98 Å². The van der Waals surface area contributed by atoms with Crippen LogP contribution in [0.3, 0.4) is 0 Å². The number of hydrogen-bond acceptors (Lipinski definition) is 3. The number of aliphatic carboxylic acids is 1. The SMILES string of the molecule is Cc1ccc(-c2nc3sc(CC(=O)O)c(-c4ccc(F)cc4)n3c2C)cc1. The molecule has 0 fully saturated rings. The molecule has 1 N–H and O–H groups in total. The summed E-state index contributed by atoms with van der Waals surface area (Å²) in [4.78, 5) is 17.5. The minimum atomic E-state index is -0.903. The molecule has 0 bridgehead atoms. The van der Waals surface area contributed by atoms with Gasteiger partial charge in [0.25, 0.3) is 0 Å². The molecule has 0 unspecified atom stereocenters. The first-order valence-electron chi connectivity index (χ1n) is 8.49. The summed E-state index contributed by atoms with van der Waals surface area (Å²) in [6.07, 6.45) is -0.0972. The minimum absolute atomic E-state index is 0.0972. The van der Waals surface area contributed by atoms with Crippen LogP contribution in [0.4, 0.5) is 4.39 Å². The number of nitrogens with zero attached hydrogens (tertiary/aromatic N) is 2. The van der Waals surface area contributed by atoms with Gasteiger partial charge in [-0.2, -0.15) is 0 Å². The second kappa shape index (κ2) is 6.63. The zero-order valence-corrected chi connectivity index (χ0v) is 15.7. The van der Waals surface area contributed by atoms with Gasteiger partial charge in [0, 0.05) is 16.1 Å². The van der Waals surface area contributed by atoms with Crippen molar-refractivity contribution in [3.63, 3.8) is 0 Å². The van der Waals surface area contributed by atoms with Crippen molar-refractivity contribution in [2.75, 3.05) is 0 Å². The van der Waals surface area contributed by atoms with E-state index in [-0.39, 0.29) is 12.2 Å². The van der Waals surface area contributed by atoms with E-state index in [1.54, 1.807) is 12.1 Å². The number of rotatable bonds is 4. The van der Waals surface area contributed by atoms with Crippen molar-refractivity contribution in [1.29, 1.82) is 0 Å². The van der Waals surface area contributed by atoms with E-state index in [0.29, 0.717) is 4.88 Å². The van der Waals surface area contributed by atoms with Gasteiger partial charge in [-0.25, -0.2) is 9.37 Å². The van der Waals surface area contributed by atoms with Crippen LogP contribution in [0, 0.1) is 19.7 Å². The molecule has 0 radical (unpaired) electrons. The predicted octanol–water partition coefficient (Wildman–Crippen LogP) is 5.11. The summed E-state index contributed by atoms with van der Waals surface area (Å²) in [7, 11) is 0. The quantitative estimate of drug-likeness (QED) is 0.535. The van der Waals surface area contributed by atoms with Gasteiger partial charge in [0.15, 0.2) is 4.96 Å². The predicted molar refractivity (Wildman–Crippen MR) is 105 cm³/mol. The van der Waals surface area contributed by atoms with Crippen molar-refractivity contribution < 1.29 is 14.3 Å². The number of carbonyl (C=O) groups is 1. The maximum Gasteiger partial charge on any atom is 0.308 e. The summed E-state index contributed by atoms with van der Waals surface area (Å²) in [6, 6.07) is 14.3. The smallest absolute Gasteiger partial charge is 0.308 e. The Morgan fingerprint density at radius 3 is 2.33 bits per heavy atom. The third-order valence-corrected chi connectivity index (χ3v) is 5.57. The van der Waals surface area contributed by atoms with Gasteiger partial charge >= 0.3 is 5.97 Å². The van der Waals surface area contributed by atoms with Gasteiger partial charge in [-0.3, -0.25) is 9.20 Å². The molecule has 0 aliphatic rings. The summed E-state index contributed by atoms with van der Waals surface area (Å²) in [5, 5.41) is 9.29. The van der Waals surface area contributed by atoms with Crippen LogP contribution < -0.4 is 0 Å². The molecule has 4 rings (SSSR count). The van der Waals surface area contributed by atoms with Crippen LogP contribution >= 0.6 is 11.3 Å². The molecule has 6 heteroatoms. The van der Waals surface area contributed by atoms with Crippen LogP contribution in [0.25, 0.3) is 27.5 Å². The Balaban J connectivity index is 1.95. The van der Waals surface area contributed by atoms with E-state index >= 15 is 0 Å². The maximum atomic E-state index is 13.4.